The topological polar surface area (TPSA) is 57.7 Å². The Morgan fingerprint density at radius 3 is 2.40 bits per heavy atom. The molecule has 1 aliphatic heterocycles. The largest absolute Gasteiger partial charge is 0.341 e. The average molecular weight is 302 g/mol. The lowest BCUT2D eigenvalue weighted by atomic mass is 9.84. The first-order valence-corrected chi connectivity index (χ1v) is 9.63. The summed E-state index contributed by atoms with van der Waals surface area (Å²) in [6, 6.07) is 0.0313. The molecule has 1 amide bonds. The lowest BCUT2D eigenvalue weighted by molar-refractivity contribution is -0.138. The summed E-state index contributed by atoms with van der Waals surface area (Å²) in [7, 11) is -2.94. The lowest BCUT2D eigenvalue weighted by Gasteiger charge is -2.31. The molecule has 1 aliphatic carbocycles. The second-order valence-corrected chi connectivity index (χ2v) is 8.47. The van der Waals surface area contributed by atoms with E-state index in [0.29, 0.717) is 5.91 Å². The van der Waals surface area contributed by atoms with Crippen LogP contribution >= 0.6 is 0 Å². The zero-order chi connectivity index (χ0) is 14.8. The van der Waals surface area contributed by atoms with Gasteiger partial charge >= 0.3 is 0 Å². The Morgan fingerprint density at radius 1 is 1.15 bits per heavy atom. The van der Waals surface area contributed by atoms with Crippen LogP contribution in [0.5, 0.6) is 0 Å². The maximum atomic E-state index is 12.2. The van der Waals surface area contributed by atoms with Crippen LogP contribution in [-0.4, -0.2) is 68.4 Å². The third-order valence-electron chi connectivity index (χ3n) is 4.46. The second kappa shape index (κ2) is 6.43. The van der Waals surface area contributed by atoms with Crippen LogP contribution in [0.3, 0.4) is 0 Å². The van der Waals surface area contributed by atoms with Gasteiger partial charge in [0.2, 0.25) is 5.91 Å². The molecule has 0 aromatic rings. The molecular formula is C14H26N2O3S. The summed E-state index contributed by atoms with van der Waals surface area (Å²) >= 11 is 0. The van der Waals surface area contributed by atoms with Crippen molar-refractivity contribution in [2.45, 2.75) is 38.6 Å². The molecule has 0 aromatic heterocycles. The van der Waals surface area contributed by atoms with Crippen LogP contribution in [0.4, 0.5) is 0 Å². The molecule has 6 heteroatoms. The number of rotatable bonds is 4. The number of nitrogens with zero attached hydrogens (tertiary/aromatic N) is 2. The molecule has 2 fully saturated rings. The molecule has 20 heavy (non-hydrogen) atoms. The molecule has 2 aliphatic rings. The van der Waals surface area contributed by atoms with Crippen LogP contribution in [0.15, 0.2) is 0 Å². The smallest absolute Gasteiger partial charge is 0.225 e. The molecule has 1 heterocycles. The third kappa shape index (κ3) is 4.19. The van der Waals surface area contributed by atoms with Gasteiger partial charge in [0.15, 0.2) is 0 Å². The van der Waals surface area contributed by atoms with Gasteiger partial charge in [-0.2, -0.15) is 0 Å². The van der Waals surface area contributed by atoms with Crippen molar-refractivity contribution in [2.75, 3.05) is 38.2 Å². The molecule has 0 spiro atoms. The highest BCUT2D eigenvalue weighted by atomic mass is 32.2. The summed E-state index contributed by atoms with van der Waals surface area (Å²) < 4.78 is 22.8. The molecule has 116 valence electrons. The third-order valence-corrected chi connectivity index (χ3v) is 5.55. The molecule has 0 unspecified atom stereocenters. The number of hydrogen-bond donors (Lipinski definition) is 0. The Hall–Kier alpha value is -0.620. The van der Waals surface area contributed by atoms with Gasteiger partial charge in [-0.15, -0.1) is 0 Å². The van der Waals surface area contributed by atoms with Gasteiger partial charge in [-0.25, -0.2) is 8.42 Å². The van der Waals surface area contributed by atoms with Crippen molar-refractivity contribution in [3.8, 4) is 0 Å². The van der Waals surface area contributed by atoms with Crippen molar-refractivity contribution in [3.05, 3.63) is 0 Å². The fourth-order valence-corrected chi connectivity index (χ4v) is 4.14. The summed E-state index contributed by atoms with van der Waals surface area (Å²) in [6.45, 7) is 5.19. The summed E-state index contributed by atoms with van der Waals surface area (Å²) in [5.41, 5.74) is 0. The van der Waals surface area contributed by atoms with Gasteiger partial charge in [0.25, 0.3) is 0 Å². The van der Waals surface area contributed by atoms with E-state index in [1.807, 2.05) is 11.8 Å². The van der Waals surface area contributed by atoms with E-state index in [4.69, 9.17) is 0 Å². The Kier molecular flexibility index (Phi) is 5.07. The van der Waals surface area contributed by atoms with E-state index in [9.17, 15) is 13.2 Å². The highest BCUT2D eigenvalue weighted by molar-refractivity contribution is 7.90. The van der Waals surface area contributed by atoms with Crippen LogP contribution < -0.4 is 0 Å². The lowest BCUT2D eigenvalue weighted by Crippen LogP contribution is -2.43. The molecule has 0 radical (unpaired) electrons. The van der Waals surface area contributed by atoms with E-state index >= 15 is 0 Å². The second-order valence-electron chi connectivity index (χ2n) is 6.28. The SMILES string of the molecule is C[C@H](CS(C)(=O)=O)N1CCCN(C(=O)C2CCC2)CC1. The maximum Gasteiger partial charge on any atom is 0.225 e. The maximum absolute atomic E-state index is 12.2. The van der Waals surface area contributed by atoms with E-state index in [0.717, 1.165) is 45.4 Å². The van der Waals surface area contributed by atoms with Gasteiger partial charge in [-0.05, 0) is 26.2 Å². The minimum atomic E-state index is -2.94. The molecule has 1 saturated carbocycles. The van der Waals surface area contributed by atoms with Gasteiger partial charge in [0.05, 0.1) is 5.75 Å². The minimum absolute atomic E-state index is 0.0313. The Balaban J connectivity index is 1.86. The van der Waals surface area contributed by atoms with Gasteiger partial charge in [0, 0.05) is 44.4 Å². The molecule has 0 N–H and O–H groups in total. The standard InChI is InChI=1S/C14H26N2O3S/c1-12(11-20(2,18)19)15-7-4-8-16(10-9-15)14(17)13-5-3-6-13/h12-13H,3-11H2,1-2H3/t12-/m1/s1. The van der Waals surface area contributed by atoms with Gasteiger partial charge in [-0.1, -0.05) is 6.42 Å². The quantitative estimate of drug-likeness (QED) is 0.769. The molecule has 1 atom stereocenters. The highest BCUT2D eigenvalue weighted by Gasteiger charge is 2.31. The highest BCUT2D eigenvalue weighted by Crippen LogP contribution is 2.28. The van der Waals surface area contributed by atoms with Crippen LogP contribution in [0.1, 0.15) is 32.6 Å². The summed E-state index contributed by atoms with van der Waals surface area (Å²) in [4.78, 5) is 16.4. The normalized spacial score (nSPS) is 24.0. The molecular weight excluding hydrogens is 276 g/mol. The average Bonchev–Trinajstić information content (AvgIpc) is 2.49. The molecule has 1 saturated heterocycles. The van der Waals surface area contributed by atoms with E-state index in [-0.39, 0.29) is 17.7 Å². The van der Waals surface area contributed by atoms with E-state index in [2.05, 4.69) is 4.90 Å². The Bertz CT molecular complexity index is 445. The monoisotopic (exact) mass is 302 g/mol. The van der Waals surface area contributed by atoms with E-state index < -0.39 is 9.84 Å². The van der Waals surface area contributed by atoms with E-state index in [1.165, 1.54) is 12.7 Å². The summed E-state index contributed by atoms with van der Waals surface area (Å²) in [5.74, 6) is 0.771. The van der Waals surface area contributed by atoms with Crippen LogP contribution in [-0.2, 0) is 14.6 Å². The van der Waals surface area contributed by atoms with Crippen molar-refractivity contribution in [2.24, 2.45) is 5.92 Å². The van der Waals surface area contributed by atoms with Crippen molar-refractivity contribution in [1.82, 2.24) is 9.80 Å². The fourth-order valence-electron chi connectivity index (χ4n) is 3.06. The predicted octanol–water partition coefficient (Wildman–Crippen LogP) is 0.754. The molecule has 2 rings (SSSR count). The number of hydrogen-bond acceptors (Lipinski definition) is 4. The Morgan fingerprint density at radius 2 is 1.85 bits per heavy atom. The van der Waals surface area contributed by atoms with Crippen molar-refractivity contribution in [3.63, 3.8) is 0 Å². The van der Waals surface area contributed by atoms with Gasteiger partial charge in [0.1, 0.15) is 9.84 Å². The van der Waals surface area contributed by atoms with Crippen molar-refractivity contribution >= 4 is 15.7 Å². The Labute approximate surface area is 122 Å². The summed E-state index contributed by atoms with van der Waals surface area (Å²) in [5, 5.41) is 0. The van der Waals surface area contributed by atoms with Crippen molar-refractivity contribution in [1.29, 1.82) is 0 Å². The number of amides is 1. The number of carbonyl (C=O) groups excluding carboxylic acids is 1. The van der Waals surface area contributed by atoms with Crippen LogP contribution in [0.25, 0.3) is 0 Å². The molecule has 0 aromatic carbocycles. The van der Waals surface area contributed by atoms with E-state index in [1.54, 1.807) is 0 Å². The number of sulfone groups is 1. The van der Waals surface area contributed by atoms with Crippen LogP contribution in [0, 0.1) is 5.92 Å². The first kappa shape index (κ1) is 15.8. The zero-order valence-electron chi connectivity index (χ0n) is 12.5. The van der Waals surface area contributed by atoms with Gasteiger partial charge < -0.3 is 4.90 Å². The van der Waals surface area contributed by atoms with Gasteiger partial charge in [-0.3, -0.25) is 9.69 Å². The number of carbonyl (C=O) groups is 1. The molecule has 5 nitrogen and oxygen atoms in total. The fraction of sp³-hybridized carbons (Fsp3) is 0.929. The zero-order valence-corrected chi connectivity index (χ0v) is 13.4. The minimum Gasteiger partial charge on any atom is -0.341 e. The van der Waals surface area contributed by atoms with Crippen LogP contribution in [0.2, 0.25) is 0 Å². The predicted molar refractivity (Wildman–Crippen MR) is 79.3 cm³/mol. The summed E-state index contributed by atoms with van der Waals surface area (Å²) in [6.07, 6.45) is 5.50. The molecule has 0 bridgehead atoms. The first-order chi connectivity index (χ1) is 9.37. The first-order valence-electron chi connectivity index (χ1n) is 7.57. The van der Waals surface area contributed by atoms with Crippen molar-refractivity contribution < 1.29 is 13.2 Å².